The number of nitrogens with zero attached hydrogens (tertiary/aromatic N) is 2. The van der Waals surface area contributed by atoms with E-state index < -0.39 is 0 Å². The molecule has 0 saturated carbocycles. The first-order valence-corrected chi connectivity index (χ1v) is 16.5. The lowest BCUT2D eigenvalue weighted by Crippen LogP contribution is -2.14. The van der Waals surface area contributed by atoms with Crippen LogP contribution in [0.3, 0.4) is 0 Å². The van der Waals surface area contributed by atoms with Crippen LogP contribution in [0.25, 0.3) is 77.7 Å². The van der Waals surface area contributed by atoms with Gasteiger partial charge in [0.05, 0.1) is 11.2 Å². The molecule has 0 spiro atoms. The van der Waals surface area contributed by atoms with Crippen LogP contribution in [-0.2, 0) is 11.8 Å². The number of para-hydroxylation sites is 1. The van der Waals surface area contributed by atoms with Gasteiger partial charge in [-0.05, 0) is 88.2 Å². The van der Waals surface area contributed by atoms with Crippen molar-refractivity contribution in [3.63, 3.8) is 0 Å². The van der Waals surface area contributed by atoms with Crippen LogP contribution < -0.4 is 0 Å². The van der Waals surface area contributed by atoms with Gasteiger partial charge in [-0.1, -0.05) is 112 Å². The van der Waals surface area contributed by atoms with Crippen molar-refractivity contribution in [3.05, 3.63) is 144 Å². The van der Waals surface area contributed by atoms with Crippen molar-refractivity contribution in [2.45, 2.75) is 39.5 Å². The second kappa shape index (κ2) is 10.2. The second-order valence-electron chi connectivity index (χ2n) is 13.3. The highest BCUT2D eigenvalue weighted by molar-refractivity contribution is 6.08. The third-order valence-corrected chi connectivity index (χ3v) is 10.2. The zero-order valence-electron chi connectivity index (χ0n) is 27.1. The number of fused-ring (bicyclic) bond motifs is 7. The van der Waals surface area contributed by atoms with Crippen LogP contribution >= 0.6 is 0 Å². The maximum absolute atomic E-state index is 6.30. The SMILES string of the molecule is CCc1ccc2nc(-c3ccc4c(c3)-c3cc5c(cc3C4(C)C)oc3ccccc35)nc(-c3ccccc3)c2c1-c1ccccc1C. The van der Waals surface area contributed by atoms with Crippen LogP contribution in [-0.4, -0.2) is 9.97 Å². The molecule has 9 rings (SSSR count). The second-order valence-corrected chi connectivity index (χ2v) is 13.3. The van der Waals surface area contributed by atoms with E-state index in [1.54, 1.807) is 0 Å². The minimum Gasteiger partial charge on any atom is -0.456 e. The van der Waals surface area contributed by atoms with E-state index in [9.17, 15) is 0 Å². The molecule has 3 nitrogen and oxygen atoms in total. The molecule has 0 bridgehead atoms. The third kappa shape index (κ3) is 4.12. The largest absolute Gasteiger partial charge is 0.456 e. The van der Waals surface area contributed by atoms with Crippen LogP contribution in [0.2, 0.25) is 0 Å². The Kier molecular flexibility index (Phi) is 6.04. The van der Waals surface area contributed by atoms with Crippen molar-refractivity contribution < 1.29 is 4.42 Å². The number of rotatable bonds is 4. The zero-order chi connectivity index (χ0) is 31.9. The summed E-state index contributed by atoms with van der Waals surface area (Å²) in [6.07, 6.45) is 0.925. The molecule has 2 heterocycles. The van der Waals surface area contributed by atoms with E-state index in [-0.39, 0.29) is 5.41 Å². The van der Waals surface area contributed by atoms with E-state index >= 15 is 0 Å². The minimum atomic E-state index is -0.158. The van der Waals surface area contributed by atoms with Gasteiger partial charge in [0.25, 0.3) is 0 Å². The Morgan fingerprint density at radius 3 is 2.21 bits per heavy atom. The Labute approximate surface area is 274 Å². The molecule has 0 amide bonds. The number of hydrogen-bond donors (Lipinski definition) is 0. The summed E-state index contributed by atoms with van der Waals surface area (Å²) in [6.45, 7) is 9.04. The average molecular weight is 607 g/mol. The van der Waals surface area contributed by atoms with Gasteiger partial charge in [-0.2, -0.15) is 0 Å². The fraction of sp³-hybridized carbons (Fsp3) is 0.136. The standard InChI is InChI=1S/C44H34N2O/c1-5-27-20-22-37-41(40(27)30-16-10-9-13-26(30)2)42(28-14-7-6-8-15-28)46-43(45-37)29-19-21-35-32(23-29)33-24-34-31-17-11-12-18-38(31)47-39(34)25-36(33)44(35,3)4/h6-25H,5H2,1-4H3. The van der Waals surface area contributed by atoms with E-state index in [1.165, 1.54) is 44.5 Å². The van der Waals surface area contributed by atoms with E-state index in [4.69, 9.17) is 14.4 Å². The third-order valence-electron chi connectivity index (χ3n) is 10.2. The molecule has 0 atom stereocenters. The molecule has 6 aromatic carbocycles. The number of hydrogen-bond acceptors (Lipinski definition) is 3. The molecule has 0 N–H and O–H groups in total. The normalized spacial score (nSPS) is 13.4. The fourth-order valence-electron chi connectivity index (χ4n) is 7.77. The number of aromatic nitrogens is 2. The van der Waals surface area contributed by atoms with Crippen LogP contribution in [0.5, 0.6) is 0 Å². The molecule has 2 aromatic heterocycles. The molecule has 0 radical (unpaired) electrons. The Balaban J connectivity index is 1.30. The summed E-state index contributed by atoms with van der Waals surface area (Å²) >= 11 is 0. The lowest BCUT2D eigenvalue weighted by molar-refractivity contribution is 0.647. The molecule has 226 valence electrons. The van der Waals surface area contributed by atoms with E-state index in [1.807, 2.05) is 12.1 Å². The number of benzene rings is 6. The molecular weight excluding hydrogens is 572 g/mol. The van der Waals surface area contributed by atoms with Crippen LogP contribution in [0.1, 0.15) is 43.0 Å². The molecule has 0 aliphatic heterocycles. The van der Waals surface area contributed by atoms with Gasteiger partial charge in [-0.15, -0.1) is 0 Å². The molecule has 0 saturated heterocycles. The highest BCUT2D eigenvalue weighted by atomic mass is 16.3. The predicted molar refractivity (Wildman–Crippen MR) is 195 cm³/mol. The summed E-state index contributed by atoms with van der Waals surface area (Å²) in [4.78, 5) is 10.7. The molecule has 8 aromatic rings. The minimum absolute atomic E-state index is 0.158. The molecule has 47 heavy (non-hydrogen) atoms. The summed E-state index contributed by atoms with van der Waals surface area (Å²) in [5, 5.41) is 3.40. The molecule has 1 aliphatic carbocycles. The van der Waals surface area contributed by atoms with Gasteiger partial charge in [-0.3, -0.25) is 0 Å². The summed E-state index contributed by atoms with van der Waals surface area (Å²) < 4.78 is 6.30. The smallest absolute Gasteiger partial charge is 0.160 e. The Morgan fingerprint density at radius 2 is 1.38 bits per heavy atom. The van der Waals surface area contributed by atoms with Crippen molar-refractivity contribution in [2.75, 3.05) is 0 Å². The van der Waals surface area contributed by atoms with Crippen molar-refractivity contribution in [3.8, 4) is 44.9 Å². The van der Waals surface area contributed by atoms with E-state index in [0.29, 0.717) is 0 Å². The molecule has 1 aliphatic rings. The van der Waals surface area contributed by atoms with Gasteiger partial charge in [0, 0.05) is 32.7 Å². The van der Waals surface area contributed by atoms with Crippen LogP contribution in [0.4, 0.5) is 0 Å². The topological polar surface area (TPSA) is 38.9 Å². The van der Waals surface area contributed by atoms with Crippen molar-refractivity contribution in [1.29, 1.82) is 0 Å². The predicted octanol–water partition coefficient (Wildman–Crippen LogP) is 11.7. The van der Waals surface area contributed by atoms with Gasteiger partial charge >= 0.3 is 0 Å². The lowest BCUT2D eigenvalue weighted by atomic mass is 9.82. The first-order chi connectivity index (χ1) is 22.9. The first kappa shape index (κ1) is 27.7. The van der Waals surface area contributed by atoms with Gasteiger partial charge in [0.1, 0.15) is 11.2 Å². The Morgan fingerprint density at radius 1 is 0.617 bits per heavy atom. The summed E-state index contributed by atoms with van der Waals surface area (Å²) in [6, 6.07) is 43.3. The van der Waals surface area contributed by atoms with Gasteiger partial charge in [0.2, 0.25) is 0 Å². The number of aryl methyl sites for hydroxylation is 2. The summed E-state index contributed by atoms with van der Waals surface area (Å²) in [5.41, 5.74) is 15.8. The maximum atomic E-state index is 6.30. The molecule has 0 unspecified atom stereocenters. The fourth-order valence-corrected chi connectivity index (χ4v) is 7.77. The molecular formula is C44H34N2O. The maximum Gasteiger partial charge on any atom is 0.160 e. The van der Waals surface area contributed by atoms with Gasteiger partial charge < -0.3 is 4.42 Å². The average Bonchev–Trinajstić information content (AvgIpc) is 3.58. The van der Waals surface area contributed by atoms with Gasteiger partial charge in [-0.25, -0.2) is 9.97 Å². The van der Waals surface area contributed by atoms with Crippen molar-refractivity contribution in [2.24, 2.45) is 0 Å². The molecule has 3 heteroatoms. The van der Waals surface area contributed by atoms with Gasteiger partial charge in [0.15, 0.2) is 5.82 Å². The Hall–Kier alpha value is -5.54. The highest BCUT2D eigenvalue weighted by Gasteiger charge is 2.36. The zero-order valence-corrected chi connectivity index (χ0v) is 27.1. The summed E-state index contributed by atoms with van der Waals surface area (Å²) in [7, 11) is 0. The highest BCUT2D eigenvalue weighted by Crippen LogP contribution is 2.51. The Bertz CT molecular complexity index is 2540. The lowest BCUT2D eigenvalue weighted by Gasteiger charge is -2.21. The summed E-state index contributed by atoms with van der Waals surface area (Å²) in [5.74, 6) is 0.736. The van der Waals surface area contributed by atoms with Crippen molar-refractivity contribution in [1.82, 2.24) is 9.97 Å². The van der Waals surface area contributed by atoms with Crippen molar-refractivity contribution >= 4 is 32.8 Å². The van der Waals surface area contributed by atoms with E-state index in [2.05, 4.69) is 137 Å². The first-order valence-electron chi connectivity index (χ1n) is 16.5. The van der Waals surface area contributed by atoms with Crippen LogP contribution in [0, 0.1) is 6.92 Å². The molecule has 0 fully saturated rings. The number of furan rings is 1. The van der Waals surface area contributed by atoms with E-state index in [0.717, 1.165) is 61.9 Å². The quantitative estimate of drug-likeness (QED) is 0.200. The monoisotopic (exact) mass is 606 g/mol. The van der Waals surface area contributed by atoms with Crippen LogP contribution in [0.15, 0.2) is 126 Å².